The molecule has 0 bridgehead atoms. The number of carbonyl (C=O) groups is 1. The van der Waals surface area contributed by atoms with Gasteiger partial charge in [0.2, 0.25) is 5.91 Å². The van der Waals surface area contributed by atoms with Gasteiger partial charge in [0.25, 0.3) is 0 Å². The highest BCUT2D eigenvalue weighted by molar-refractivity contribution is 5.79. The van der Waals surface area contributed by atoms with E-state index in [1.165, 1.54) is 6.07 Å². The number of rotatable bonds is 5. The summed E-state index contributed by atoms with van der Waals surface area (Å²) in [5, 5.41) is 13.9. The van der Waals surface area contributed by atoms with Gasteiger partial charge in [0.05, 0.1) is 17.8 Å². The van der Waals surface area contributed by atoms with Gasteiger partial charge in [-0.05, 0) is 31.4 Å². The van der Waals surface area contributed by atoms with Crippen molar-refractivity contribution < 1.29 is 19.0 Å². The molecule has 1 aromatic rings. The molecule has 3 aliphatic rings. The van der Waals surface area contributed by atoms with Gasteiger partial charge in [-0.3, -0.25) is 9.69 Å². The Bertz CT molecular complexity index is 690. The molecule has 29 heavy (non-hydrogen) atoms. The topological polar surface area (TPSA) is 65.0 Å². The number of anilines is 1. The summed E-state index contributed by atoms with van der Waals surface area (Å²) in [7, 11) is 0. The van der Waals surface area contributed by atoms with E-state index in [9.17, 15) is 14.3 Å². The lowest BCUT2D eigenvalue weighted by Gasteiger charge is -2.41. The SMILES string of the molecule is O=C(N[C@H]1CCO[C@H](CN2CCN(c3ccccc3F)CC2)[C@H]1O)C1CCCC1. The van der Waals surface area contributed by atoms with Gasteiger partial charge in [0, 0.05) is 45.2 Å². The third-order valence-corrected chi connectivity index (χ3v) is 6.61. The summed E-state index contributed by atoms with van der Waals surface area (Å²) in [6.07, 6.45) is 3.81. The largest absolute Gasteiger partial charge is 0.388 e. The summed E-state index contributed by atoms with van der Waals surface area (Å²) >= 11 is 0. The van der Waals surface area contributed by atoms with Gasteiger partial charge < -0.3 is 20.1 Å². The second-order valence-electron chi connectivity index (χ2n) is 8.52. The highest BCUT2D eigenvalue weighted by atomic mass is 19.1. The second-order valence-corrected chi connectivity index (χ2v) is 8.52. The zero-order valence-electron chi connectivity index (χ0n) is 16.9. The highest BCUT2D eigenvalue weighted by Crippen LogP contribution is 2.26. The van der Waals surface area contributed by atoms with Crippen LogP contribution < -0.4 is 10.2 Å². The molecule has 3 atom stereocenters. The van der Waals surface area contributed by atoms with Crippen LogP contribution in [-0.4, -0.2) is 73.5 Å². The minimum absolute atomic E-state index is 0.0886. The first-order chi connectivity index (χ1) is 14.1. The summed E-state index contributed by atoms with van der Waals surface area (Å²) in [5.41, 5.74) is 0.649. The van der Waals surface area contributed by atoms with E-state index in [-0.39, 0.29) is 29.8 Å². The van der Waals surface area contributed by atoms with Crippen LogP contribution in [-0.2, 0) is 9.53 Å². The molecule has 1 aliphatic carbocycles. The van der Waals surface area contributed by atoms with E-state index in [0.29, 0.717) is 25.3 Å². The molecular weight excluding hydrogens is 373 g/mol. The average Bonchev–Trinajstić information content (AvgIpc) is 3.27. The van der Waals surface area contributed by atoms with Gasteiger partial charge in [-0.25, -0.2) is 4.39 Å². The van der Waals surface area contributed by atoms with Gasteiger partial charge in [0.1, 0.15) is 11.9 Å². The van der Waals surface area contributed by atoms with E-state index in [4.69, 9.17) is 4.74 Å². The smallest absolute Gasteiger partial charge is 0.223 e. The molecule has 0 unspecified atom stereocenters. The predicted octanol–water partition coefficient (Wildman–Crippen LogP) is 1.77. The van der Waals surface area contributed by atoms with Crippen molar-refractivity contribution in [3.05, 3.63) is 30.1 Å². The first-order valence-electron chi connectivity index (χ1n) is 10.9. The average molecular weight is 406 g/mol. The van der Waals surface area contributed by atoms with E-state index < -0.39 is 6.10 Å². The van der Waals surface area contributed by atoms with Crippen molar-refractivity contribution in [2.75, 3.05) is 44.2 Å². The van der Waals surface area contributed by atoms with E-state index in [2.05, 4.69) is 15.1 Å². The fraction of sp³-hybridized carbons (Fsp3) is 0.682. The Morgan fingerprint density at radius 2 is 1.86 bits per heavy atom. The lowest BCUT2D eigenvalue weighted by atomic mass is 9.97. The molecule has 1 saturated carbocycles. The molecule has 1 aromatic carbocycles. The van der Waals surface area contributed by atoms with Crippen LogP contribution in [0.3, 0.4) is 0 Å². The number of nitrogens with one attached hydrogen (secondary N) is 1. The lowest BCUT2D eigenvalue weighted by molar-refractivity contribution is -0.133. The minimum Gasteiger partial charge on any atom is -0.388 e. The van der Waals surface area contributed by atoms with Gasteiger partial charge >= 0.3 is 0 Å². The first-order valence-corrected chi connectivity index (χ1v) is 10.9. The number of nitrogens with zero attached hydrogens (tertiary/aromatic N) is 2. The number of carbonyl (C=O) groups excluding carboxylic acids is 1. The molecule has 2 N–H and O–H groups in total. The molecule has 2 saturated heterocycles. The quantitative estimate of drug-likeness (QED) is 0.782. The van der Waals surface area contributed by atoms with Crippen LogP contribution in [0.5, 0.6) is 0 Å². The minimum atomic E-state index is -0.696. The van der Waals surface area contributed by atoms with Crippen molar-refractivity contribution >= 4 is 11.6 Å². The number of piperazine rings is 1. The van der Waals surface area contributed by atoms with Crippen LogP contribution in [0.1, 0.15) is 32.1 Å². The zero-order chi connectivity index (χ0) is 20.2. The van der Waals surface area contributed by atoms with Crippen LogP contribution in [0.25, 0.3) is 0 Å². The summed E-state index contributed by atoms with van der Waals surface area (Å²) in [4.78, 5) is 16.8. The number of benzene rings is 1. The molecule has 2 aliphatic heterocycles. The van der Waals surface area contributed by atoms with Gasteiger partial charge in [-0.1, -0.05) is 25.0 Å². The van der Waals surface area contributed by atoms with Crippen molar-refractivity contribution in [2.45, 2.75) is 50.4 Å². The number of ether oxygens (including phenoxy) is 1. The van der Waals surface area contributed by atoms with E-state index in [0.717, 1.165) is 51.9 Å². The molecule has 3 fully saturated rings. The molecule has 0 aromatic heterocycles. The Hall–Kier alpha value is -1.70. The number of aliphatic hydroxyl groups excluding tert-OH is 1. The summed E-state index contributed by atoms with van der Waals surface area (Å²) in [6, 6.07) is 6.64. The highest BCUT2D eigenvalue weighted by Gasteiger charge is 2.36. The van der Waals surface area contributed by atoms with Crippen LogP contribution in [0.2, 0.25) is 0 Å². The van der Waals surface area contributed by atoms with Crippen LogP contribution in [0.4, 0.5) is 10.1 Å². The van der Waals surface area contributed by atoms with Crippen LogP contribution in [0.15, 0.2) is 24.3 Å². The molecule has 0 radical (unpaired) electrons. The number of halogens is 1. The monoisotopic (exact) mass is 405 g/mol. The molecule has 0 spiro atoms. The first kappa shape index (κ1) is 20.6. The molecule has 2 heterocycles. The van der Waals surface area contributed by atoms with Crippen molar-refractivity contribution in [3.8, 4) is 0 Å². The maximum absolute atomic E-state index is 14.0. The predicted molar refractivity (Wildman–Crippen MR) is 109 cm³/mol. The van der Waals surface area contributed by atoms with Crippen molar-refractivity contribution in [3.63, 3.8) is 0 Å². The number of amides is 1. The van der Waals surface area contributed by atoms with Crippen molar-refractivity contribution in [1.82, 2.24) is 10.2 Å². The maximum Gasteiger partial charge on any atom is 0.223 e. The zero-order valence-corrected chi connectivity index (χ0v) is 16.9. The maximum atomic E-state index is 14.0. The van der Waals surface area contributed by atoms with E-state index >= 15 is 0 Å². The second kappa shape index (κ2) is 9.41. The number of hydrogen-bond acceptors (Lipinski definition) is 5. The number of hydrogen-bond donors (Lipinski definition) is 2. The van der Waals surface area contributed by atoms with Crippen LogP contribution >= 0.6 is 0 Å². The Kier molecular flexibility index (Phi) is 6.67. The fourth-order valence-electron chi connectivity index (χ4n) is 4.82. The van der Waals surface area contributed by atoms with Gasteiger partial charge in [-0.2, -0.15) is 0 Å². The van der Waals surface area contributed by atoms with Gasteiger partial charge in [-0.15, -0.1) is 0 Å². The van der Waals surface area contributed by atoms with Crippen molar-refractivity contribution in [1.29, 1.82) is 0 Å². The number of aliphatic hydroxyl groups is 1. The Morgan fingerprint density at radius 3 is 2.59 bits per heavy atom. The third-order valence-electron chi connectivity index (χ3n) is 6.61. The summed E-state index contributed by atoms with van der Waals surface area (Å²) in [5.74, 6) is 0.00786. The fourth-order valence-corrected chi connectivity index (χ4v) is 4.82. The Balaban J connectivity index is 1.27. The van der Waals surface area contributed by atoms with Crippen molar-refractivity contribution in [2.24, 2.45) is 5.92 Å². The van der Waals surface area contributed by atoms with Crippen LogP contribution in [0, 0.1) is 11.7 Å². The molecule has 6 nitrogen and oxygen atoms in total. The Labute approximate surface area is 172 Å². The molecule has 7 heteroatoms. The molecule has 4 rings (SSSR count). The molecule has 1 amide bonds. The molecule has 160 valence electrons. The third kappa shape index (κ3) is 4.90. The van der Waals surface area contributed by atoms with Gasteiger partial charge in [0.15, 0.2) is 0 Å². The van der Waals surface area contributed by atoms with E-state index in [1.54, 1.807) is 6.07 Å². The molecular formula is C22H32FN3O3. The Morgan fingerprint density at radius 1 is 1.14 bits per heavy atom. The lowest BCUT2D eigenvalue weighted by Crippen LogP contribution is -2.58. The number of para-hydroxylation sites is 1. The normalized spacial score (nSPS) is 29.2. The standard InChI is InChI=1S/C22H32FN3O3/c23-17-7-3-4-8-19(17)26-12-10-25(11-13-26)15-20-21(27)18(9-14-29-20)24-22(28)16-5-1-2-6-16/h3-4,7-8,16,18,20-21,27H,1-2,5-6,9-15H2,(H,24,28)/t18-,20+,21-/m0/s1. The van der Waals surface area contributed by atoms with E-state index in [1.807, 2.05) is 12.1 Å². The summed E-state index contributed by atoms with van der Waals surface area (Å²) < 4.78 is 19.9. The summed E-state index contributed by atoms with van der Waals surface area (Å²) in [6.45, 7) is 4.24.